The van der Waals surface area contributed by atoms with Crippen LogP contribution in [0.25, 0.3) is 0 Å². The Bertz CT molecular complexity index is 1590. The smallest absolute Gasteiger partial charge is 0.0656 e. The van der Waals surface area contributed by atoms with Gasteiger partial charge in [-0.1, -0.05) is 122 Å². The first-order valence-electron chi connectivity index (χ1n) is 17.6. The van der Waals surface area contributed by atoms with Crippen LogP contribution in [0.15, 0.2) is 58.7 Å². The molecule has 0 atom stereocenters. The van der Waals surface area contributed by atoms with Crippen LogP contribution in [-0.2, 0) is 0 Å². The first-order valence-corrected chi connectivity index (χ1v) is 30.2. The zero-order valence-corrected chi connectivity index (χ0v) is 37.0. The summed E-state index contributed by atoms with van der Waals surface area (Å²) in [6.45, 7) is 47.6. The Hall–Kier alpha value is -1.99. The van der Waals surface area contributed by atoms with Gasteiger partial charge in [-0.05, 0) is 129 Å². The second-order valence-corrected chi connectivity index (χ2v) is 36.7. The molecule has 1 aliphatic carbocycles. The molecule has 0 bridgehead atoms. The monoisotopic (exact) mass is 680 g/mol. The van der Waals surface area contributed by atoms with Crippen molar-refractivity contribution in [3.05, 3.63) is 92.1 Å². The van der Waals surface area contributed by atoms with Gasteiger partial charge in [-0.15, -0.1) is 0 Å². The van der Waals surface area contributed by atoms with Gasteiger partial charge >= 0.3 is 0 Å². The van der Waals surface area contributed by atoms with Gasteiger partial charge in [-0.3, -0.25) is 0 Å². The minimum Gasteiger partial charge on any atom is -0.0656 e. The summed E-state index contributed by atoms with van der Waals surface area (Å²) in [6, 6.07) is 15.5. The number of hydrogen-bond acceptors (Lipinski definition) is 0. The molecule has 0 aromatic heterocycles. The van der Waals surface area contributed by atoms with Crippen molar-refractivity contribution in [2.24, 2.45) is 0 Å². The van der Waals surface area contributed by atoms with Crippen molar-refractivity contribution in [3.8, 4) is 0 Å². The van der Waals surface area contributed by atoms with E-state index in [2.05, 4.69) is 165 Å². The SMILES string of the molecule is CC1=C(C)C([Si](c2ccc(C)c(C)c2[Si](C)(C)C)(c2ccc(C)c(C)c2[Si](C)(C)C)c2ccc(C)c(C)c2[Si](C)(C)C)C(C)=C1C. The van der Waals surface area contributed by atoms with E-state index in [0.717, 1.165) is 0 Å². The lowest BCUT2D eigenvalue weighted by Gasteiger charge is -2.48. The van der Waals surface area contributed by atoms with Gasteiger partial charge in [0, 0.05) is 5.54 Å². The fourth-order valence-corrected chi connectivity index (χ4v) is 27.3. The zero-order chi connectivity index (χ0) is 35.1. The number of hydrogen-bond donors (Lipinski definition) is 0. The van der Waals surface area contributed by atoms with Gasteiger partial charge in [-0.2, -0.15) is 0 Å². The summed E-state index contributed by atoms with van der Waals surface area (Å²) in [5.41, 5.74) is 15.6. The van der Waals surface area contributed by atoms with Gasteiger partial charge in [0.2, 0.25) is 0 Å². The molecular formula is C42H64Si4. The molecule has 0 saturated heterocycles. The highest BCUT2D eigenvalue weighted by Gasteiger charge is 2.55. The second-order valence-electron chi connectivity index (χ2n) is 17.9. The van der Waals surface area contributed by atoms with Crippen LogP contribution in [0.4, 0.5) is 0 Å². The second kappa shape index (κ2) is 12.2. The van der Waals surface area contributed by atoms with Crippen LogP contribution in [0.1, 0.15) is 61.1 Å². The predicted molar refractivity (Wildman–Crippen MR) is 222 cm³/mol. The topological polar surface area (TPSA) is 0 Å². The Morgan fingerprint density at radius 1 is 0.370 bits per heavy atom. The van der Waals surface area contributed by atoms with Crippen LogP contribution in [0.2, 0.25) is 64.5 Å². The summed E-state index contributed by atoms with van der Waals surface area (Å²) in [6.07, 6.45) is 0. The summed E-state index contributed by atoms with van der Waals surface area (Å²) in [5, 5.41) is 10.3. The standard InChI is InChI=1S/C42H64Si4/c1-26-20-23-36(40(29(26)4)43(11,12)13)46(39-34(9)32(7)33(8)35(39)10,37-24-21-27(2)30(5)41(37)44(14,15)16)38-25-22-28(3)31(6)42(38)45(17,18)19/h20-25,39H,1-19H3. The lowest BCUT2D eigenvalue weighted by molar-refractivity contribution is 1.09. The molecule has 3 aromatic rings. The van der Waals surface area contributed by atoms with Crippen molar-refractivity contribution in [2.75, 3.05) is 0 Å². The van der Waals surface area contributed by atoms with Gasteiger partial charge in [0.15, 0.2) is 8.07 Å². The van der Waals surface area contributed by atoms with Gasteiger partial charge in [0.25, 0.3) is 0 Å². The largest absolute Gasteiger partial charge is 0.158 e. The van der Waals surface area contributed by atoms with Crippen LogP contribution < -0.4 is 31.1 Å². The lowest BCUT2D eigenvalue weighted by atomic mass is 10.1. The molecule has 0 aliphatic heterocycles. The average Bonchev–Trinajstić information content (AvgIpc) is 3.10. The molecule has 0 nitrogen and oxygen atoms in total. The fraction of sp³-hybridized carbons (Fsp3) is 0.476. The van der Waals surface area contributed by atoms with Crippen LogP contribution in [0.5, 0.6) is 0 Å². The highest BCUT2D eigenvalue weighted by Crippen LogP contribution is 2.46. The molecular weight excluding hydrogens is 617 g/mol. The van der Waals surface area contributed by atoms with E-state index in [-0.39, 0.29) is 0 Å². The molecule has 4 rings (SSSR count). The van der Waals surface area contributed by atoms with Crippen molar-refractivity contribution in [1.82, 2.24) is 0 Å². The maximum atomic E-state index is 2.66. The van der Waals surface area contributed by atoms with Crippen LogP contribution in [-0.4, -0.2) is 32.3 Å². The molecule has 46 heavy (non-hydrogen) atoms. The molecule has 1 aliphatic rings. The molecule has 248 valence electrons. The molecule has 0 unspecified atom stereocenters. The molecule has 0 spiro atoms. The Morgan fingerprint density at radius 2 is 0.609 bits per heavy atom. The number of allylic oxidation sites excluding steroid dienone is 4. The van der Waals surface area contributed by atoms with Gasteiger partial charge in [0.1, 0.15) is 0 Å². The normalized spacial score (nSPS) is 15.5. The van der Waals surface area contributed by atoms with E-state index < -0.39 is 32.3 Å². The van der Waals surface area contributed by atoms with Crippen molar-refractivity contribution < 1.29 is 0 Å². The summed E-state index contributed by atoms with van der Waals surface area (Å²) in [7, 11) is -8.26. The van der Waals surface area contributed by atoms with E-state index in [9.17, 15) is 0 Å². The third-order valence-corrected chi connectivity index (χ3v) is 24.5. The third kappa shape index (κ3) is 5.73. The zero-order valence-electron chi connectivity index (χ0n) is 33.0. The maximum Gasteiger partial charge on any atom is 0.158 e. The Kier molecular flexibility index (Phi) is 9.74. The van der Waals surface area contributed by atoms with E-state index in [4.69, 9.17) is 0 Å². The van der Waals surface area contributed by atoms with Gasteiger partial charge in [-0.25, -0.2) is 0 Å². The minimum absolute atomic E-state index is 0.388. The molecule has 0 N–H and O–H groups in total. The Balaban J connectivity index is 2.58. The highest BCUT2D eigenvalue weighted by atomic mass is 28.3. The first-order chi connectivity index (χ1) is 20.9. The lowest BCUT2D eigenvalue weighted by Crippen LogP contribution is -2.82. The quantitative estimate of drug-likeness (QED) is 0.173. The fourth-order valence-electron chi connectivity index (χ4n) is 9.23. The van der Waals surface area contributed by atoms with Crippen molar-refractivity contribution in [3.63, 3.8) is 0 Å². The Labute approximate surface area is 287 Å². The van der Waals surface area contributed by atoms with E-state index >= 15 is 0 Å². The third-order valence-electron chi connectivity index (χ3n) is 11.8. The molecule has 0 radical (unpaired) electrons. The van der Waals surface area contributed by atoms with E-state index in [1.54, 1.807) is 59.0 Å². The number of benzene rings is 3. The molecule has 0 fully saturated rings. The first kappa shape index (κ1) is 36.8. The van der Waals surface area contributed by atoms with Gasteiger partial charge < -0.3 is 0 Å². The van der Waals surface area contributed by atoms with Crippen LogP contribution in [0, 0.1) is 41.5 Å². The van der Waals surface area contributed by atoms with E-state index in [0.29, 0.717) is 5.54 Å². The van der Waals surface area contributed by atoms with Crippen molar-refractivity contribution >= 4 is 63.4 Å². The molecule has 3 aromatic carbocycles. The summed E-state index contributed by atoms with van der Waals surface area (Å²) in [4.78, 5) is 0. The predicted octanol–water partition coefficient (Wildman–Crippen LogP) is 8.70. The van der Waals surface area contributed by atoms with E-state index in [1.165, 1.54) is 27.8 Å². The maximum absolute atomic E-state index is 2.84. The van der Waals surface area contributed by atoms with Crippen LogP contribution in [0.3, 0.4) is 0 Å². The average molecular weight is 681 g/mol. The summed E-state index contributed by atoms with van der Waals surface area (Å²) < 4.78 is 0. The number of aryl methyl sites for hydroxylation is 3. The molecule has 0 heterocycles. The molecule has 4 heteroatoms. The van der Waals surface area contributed by atoms with Crippen molar-refractivity contribution in [1.29, 1.82) is 0 Å². The number of rotatable bonds is 7. The van der Waals surface area contributed by atoms with E-state index in [1.807, 2.05) is 0 Å². The summed E-state index contributed by atoms with van der Waals surface area (Å²) in [5.74, 6) is 0. The minimum atomic E-state index is -2.84. The van der Waals surface area contributed by atoms with Crippen molar-refractivity contribution in [2.45, 2.75) is 134 Å². The molecule has 0 saturated carbocycles. The van der Waals surface area contributed by atoms with Crippen LogP contribution >= 0.6 is 0 Å². The molecule has 0 amide bonds. The highest BCUT2D eigenvalue weighted by molar-refractivity contribution is 7.20. The Morgan fingerprint density at radius 3 is 0.826 bits per heavy atom. The van der Waals surface area contributed by atoms with Gasteiger partial charge in [0.05, 0.1) is 24.2 Å². The summed E-state index contributed by atoms with van der Waals surface area (Å²) >= 11 is 0.